The van der Waals surface area contributed by atoms with Crippen LogP contribution in [0.1, 0.15) is 5.56 Å². The maximum atomic E-state index is 13.1. The van der Waals surface area contributed by atoms with E-state index >= 15 is 0 Å². The topological polar surface area (TPSA) is 89.0 Å². The Labute approximate surface area is 130 Å². The summed E-state index contributed by atoms with van der Waals surface area (Å²) in [6.45, 7) is -0.0616. The molecule has 0 spiro atoms. The predicted molar refractivity (Wildman–Crippen MR) is 77.6 cm³/mol. The molecular weight excluding hydrogens is 391 g/mol. The molecule has 0 unspecified atom stereocenters. The molecule has 0 bridgehead atoms. The molecule has 1 aromatic heterocycles. The molecule has 0 radical (unpaired) electrons. The molecule has 0 atom stereocenters. The zero-order valence-electron chi connectivity index (χ0n) is 10.1. The molecule has 112 valence electrons. The van der Waals surface area contributed by atoms with Gasteiger partial charge in [0.25, 0.3) is 14.6 Å². The van der Waals surface area contributed by atoms with Crippen LogP contribution in [0.5, 0.6) is 0 Å². The van der Waals surface area contributed by atoms with Gasteiger partial charge in [-0.2, -0.15) is 0 Å². The molecule has 0 aliphatic rings. The number of hydrogen-bond donors (Lipinski definition) is 1. The van der Waals surface area contributed by atoms with Gasteiger partial charge in [0, 0.05) is 16.9 Å². The number of H-pyrrole nitrogens is 1. The first-order chi connectivity index (χ1) is 9.68. The molecule has 10 heteroatoms. The molecule has 0 amide bonds. The average molecular weight is 398 g/mol. The van der Waals surface area contributed by atoms with Gasteiger partial charge in [0.15, 0.2) is 4.90 Å². The third kappa shape index (κ3) is 3.60. The zero-order valence-corrected chi connectivity index (χ0v) is 13.3. The van der Waals surface area contributed by atoms with E-state index in [2.05, 4.69) is 15.9 Å². The van der Waals surface area contributed by atoms with Crippen LogP contribution in [-0.4, -0.2) is 18.0 Å². The lowest BCUT2D eigenvalue weighted by Crippen LogP contribution is -2.32. The summed E-state index contributed by atoms with van der Waals surface area (Å²) in [6.07, 6.45) is 0.848. The summed E-state index contributed by atoms with van der Waals surface area (Å²) in [7, 11) is 0.836. The summed E-state index contributed by atoms with van der Waals surface area (Å²) < 4.78 is 36.8. The number of nitrogens with one attached hydrogen (secondary N) is 1. The fourth-order valence-electron chi connectivity index (χ4n) is 1.62. The highest BCUT2D eigenvalue weighted by atomic mass is 79.9. The average Bonchev–Trinajstić information content (AvgIpc) is 2.35. The van der Waals surface area contributed by atoms with Crippen LogP contribution in [0, 0.1) is 5.82 Å². The Morgan fingerprint density at radius 3 is 2.57 bits per heavy atom. The van der Waals surface area contributed by atoms with Crippen LogP contribution in [0.2, 0.25) is 0 Å². The van der Waals surface area contributed by atoms with Crippen molar-refractivity contribution in [3.8, 4) is 0 Å². The zero-order chi connectivity index (χ0) is 15.8. The highest BCUT2D eigenvalue weighted by molar-refractivity contribution is 9.10. The van der Waals surface area contributed by atoms with Crippen LogP contribution < -0.4 is 11.2 Å². The van der Waals surface area contributed by atoms with E-state index in [4.69, 9.17) is 10.7 Å². The predicted octanol–water partition coefficient (Wildman–Crippen LogP) is 1.41. The van der Waals surface area contributed by atoms with Crippen molar-refractivity contribution in [1.82, 2.24) is 9.55 Å². The highest BCUT2D eigenvalue weighted by Gasteiger charge is 2.17. The quantitative estimate of drug-likeness (QED) is 0.793. The number of nitrogens with zero attached hydrogens (tertiary/aromatic N) is 1. The third-order valence-electron chi connectivity index (χ3n) is 2.58. The highest BCUT2D eigenvalue weighted by Crippen LogP contribution is 2.17. The van der Waals surface area contributed by atoms with E-state index in [0.29, 0.717) is 5.56 Å². The molecule has 1 N–H and O–H groups in total. The second-order valence-corrected chi connectivity index (χ2v) is 7.46. The molecule has 0 fully saturated rings. The van der Waals surface area contributed by atoms with E-state index < -0.39 is 31.0 Å². The molecule has 21 heavy (non-hydrogen) atoms. The number of aromatic nitrogens is 2. The summed E-state index contributed by atoms with van der Waals surface area (Å²) in [4.78, 5) is 24.2. The van der Waals surface area contributed by atoms with Gasteiger partial charge < -0.3 is 0 Å². The first-order valence-electron chi connectivity index (χ1n) is 5.41. The molecule has 1 heterocycles. The summed E-state index contributed by atoms with van der Waals surface area (Å²) in [6, 6.07) is 4.05. The number of rotatable bonds is 3. The van der Waals surface area contributed by atoms with Crippen molar-refractivity contribution >= 4 is 35.7 Å². The Bertz CT molecular complexity index is 923. The van der Waals surface area contributed by atoms with Crippen LogP contribution >= 0.6 is 26.6 Å². The lowest BCUT2D eigenvalue weighted by Gasteiger charge is -2.07. The van der Waals surface area contributed by atoms with Gasteiger partial charge in [0.05, 0.1) is 11.0 Å². The Morgan fingerprint density at radius 2 is 2.00 bits per heavy atom. The summed E-state index contributed by atoms with van der Waals surface area (Å²) in [5, 5.41) is 0. The van der Waals surface area contributed by atoms with Crippen molar-refractivity contribution in [2.45, 2.75) is 11.4 Å². The van der Waals surface area contributed by atoms with Gasteiger partial charge in [0.1, 0.15) is 5.82 Å². The molecule has 0 saturated heterocycles. The molecule has 6 nitrogen and oxygen atoms in total. The molecule has 0 saturated carbocycles. The summed E-state index contributed by atoms with van der Waals surface area (Å²) in [5.74, 6) is -0.475. The minimum absolute atomic E-state index is 0.0616. The number of halogens is 3. The summed E-state index contributed by atoms with van der Waals surface area (Å²) >= 11 is 3.00. The van der Waals surface area contributed by atoms with Gasteiger partial charge in [-0.3, -0.25) is 14.3 Å². The minimum atomic E-state index is -4.28. The fraction of sp³-hybridized carbons (Fsp3) is 0.0909. The van der Waals surface area contributed by atoms with Gasteiger partial charge >= 0.3 is 5.69 Å². The van der Waals surface area contributed by atoms with E-state index in [-0.39, 0.29) is 11.0 Å². The van der Waals surface area contributed by atoms with Crippen molar-refractivity contribution in [2.24, 2.45) is 0 Å². The molecule has 0 aliphatic carbocycles. The SMILES string of the molecule is O=c1[nH]c(=O)n(Cc2ccc(F)c(Br)c2)cc1S(=O)(=O)Cl. The van der Waals surface area contributed by atoms with Crippen molar-refractivity contribution in [3.63, 3.8) is 0 Å². The summed E-state index contributed by atoms with van der Waals surface area (Å²) in [5.41, 5.74) is -1.37. The van der Waals surface area contributed by atoms with E-state index in [1.54, 1.807) is 0 Å². The van der Waals surface area contributed by atoms with Crippen LogP contribution in [0.4, 0.5) is 4.39 Å². The van der Waals surface area contributed by atoms with E-state index in [9.17, 15) is 22.4 Å². The number of benzene rings is 1. The van der Waals surface area contributed by atoms with Gasteiger partial charge in [-0.25, -0.2) is 17.6 Å². The molecule has 1 aromatic carbocycles. The van der Waals surface area contributed by atoms with Crippen LogP contribution in [0.15, 0.2) is 43.4 Å². The molecular formula is C11H7BrClFN2O4S. The molecule has 2 aromatic rings. The smallest absolute Gasteiger partial charge is 0.295 e. The maximum Gasteiger partial charge on any atom is 0.328 e. The normalized spacial score (nSPS) is 11.6. The molecule has 0 aliphatic heterocycles. The van der Waals surface area contributed by atoms with Crippen LogP contribution in [0.25, 0.3) is 0 Å². The van der Waals surface area contributed by atoms with E-state index in [0.717, 1.165) is 10.8 Å². The van der Waals surface area contributed by atoms with Crippen LogP contribution in [0.3, 0.4) is 0 Å². The Balaban J connectivity index is 2.52. The van der Waals surface area contributed by atoms with Crippen LogP contribution in [-0.2, 0) is 15.6 Å². The maximum absolute atomic E-state index is 13.1. The second-order valence-electron chi connectivity index (χ2n) is 4.07. The minimum Gasteiger partial charge on any atom is -0.295 e. The first kappa shape index (κ1) is 15.9. The van der Waals surface area contributed by atoms with E-state index in [1.807, 2.05) is 4.98 Å². The monoisotopic (exact) mass is 396 g/mol. The lowest BCUT2D eigenvalue weighted by atomic mass is 10.2. The van der Waals surface area contributed by atoms with Gasteiger partial charge in [-0.05, 0) is 33.6 Å². The van der Waals surface area contributed by atoms with Crippen molar-refractivity contribution < 1.29 is 12.8 Å². The van der Waals surface area contributed by atoms with Gasteiger partial charge in [-0.15, -0.1) is 0 Å². The number of aromatic amines is 1. The largest absolute Gasteiger partial charge is 0.328 e. The Morgan fingerprint density at radius 1 is 1.33 bits per heavy atom. The van der Waals surface area contributed by atoms with Crippen molar-refractivity contribution in [3.05, 3.63) is 61.1 Å². The van der Waals surface area contributed by atoms with Gasteiger partial charge in [-0.1, -0.05) is 6.07 Å². The standard InChI is InChI=1S/C11H7BrClFN2O4S/c12-7-3-6(1-2-8(7)14)4-16-5-9(21(13,19)20)10(17)15-11(16)18/h1-3,5H,4H2,(H,15,17,18). The first-order valence-corrected chi connectivity index (χ1v) is 8.51. The van der Waals surface area contributed by atoms with Crippen molar-refractivity contribution in [2.75, 3.05) is 0 Å². The van der Waals surface area contributed by atoms with Crippen molar-refractivity contribution in [1.29, 1.82) is 0 Å². The number of hydrogen-bond acceptors (Lipinski definition) is 4. The fourth-order valence-corrected chi connectivity index (χ4v) is 2.90. The lowest BCUT2D eigenvalue weighted by molar-refractivity contribution is 0.603. The second kappa shape index (κ2) is 5.74. The molecule has 2 rings (SSSR count). The third-order valence-corrected chi connectivity index (χ3v) is 4.50. The van der Waals surface area contributed by atoms with E-state index in [1.165, 1.54) is 18.2 Å². The van der Waals surface area contributed by atoms with Gasteiger partial charge in [0.2, 0.25) is 0 Å². The Kier molecular flexibility index (Phi) is 4.35. The Hall–Kier alpha value is -1.45.